The Kier molecular flexibility index (Phi) is 4.32. The fourth-order valence-electron chi connectivity index (χ4n) is 4.32. The van der Waals surface area contributed by atoms with Crippen molar-refractivity contribution in [2.45, 2.75) is 70.6 Å². The molecule has 3 aliphatic rings. The highest BCUT2D eigenvalue weighted by molar-refractivity contribution is 5.84. The first-order chi connectivity index (χ1) is 9.66. The summed E-state index contributed by atoms with van der Waals surface area (Å²) in [5.41, 5.74) is 0. The van der Waals surface area contributed by atoms with E-state index in [4.69, 9.17) is 0 Å². The van der Waals surface area contributed by atoms with Crippen LogP contribution in [0.2, 0.25) is 0 Å². The van der Waals surface area contributed by atoms with Crippen molar-refractivity contribution >= 4 is 5.91 Å². The molecule has 114 valence electrons. The summed E-state index contributed by atoms with van der Waals surface area (Å²) in [7, 11) is 0. The maximum atomic E-state index is 12.5. The molecular weight excluding hydrogens is 250 g/mol. The van der Waals surface area contributed by atoms with Gasteiger partial charge in [-0.05, 0) is 58.5 Å². The fraction of sp³-hybridized carbons (Fsp3) is 0.938. The first-order valence-electron chi connectivity index (χ1n) is 8.47. The Hall–Kier alpha value is -0.610. The van der Waals surface area contributed by atoms with Crippen LogP contribution >= 0.6 is 0 Å². The standard InChI is InChI=1S/C16H29N3O/c1-12(11-18-9-5-6-10-18)19-15(14-7-3-4-8-14)17-13(2)16(19)20/h12-15,17H,3-11H2,1-2H3. The Balaban J connectivity index is 1.67. The van der Waals surface area contributed by atoms with E-state index in [0.717, 1.165) is 6.54 Å². The normalized spacial score (nSPS) is 34.3. The zero-order valence-corrected chi connectivity index (χ0v) is 13.0. The van der Waals surface area contributed by atoms with Gasteiger partial charge in [-0.25, -0.2) is 0 Å². The van der Waals surface area contributed by atoms with Crippen molar-refractivity contribution < 1.29 is 4.79 Å². The van der Waals surface area contributed by atoms with E-state index in [2.05, 4.69) is 22.0 Å². The molecule has 0 aromatic heterocycles. The lowest BCUT2D eigenvalue weighted by atomic mass is 10.0. The molecule has 3 atom stereocenters. The molecule has 0 aromatic carbocycles. The number of nitrogens with zero attached hydrogens (tertiary/aromatic N) is 2. The van der Waals surface area contributed by atoms with Gasteiger partial charge in [0.25, 0.3) is 0 Å². The molecule has 3 rings (SSSR count). The molecule has 4 nitrogen and oxygen atoms in total. The predicted molar refractivity (Wildman–Crippen MR) is 80.3 cm³/mol. The highest BCUT2D eigenvalue weighted by Crippen LogP contribution is 2.33. The average molecular weight is 279 g/mol. The summed E-state index contributed by atoms with van der Waals surface area (Å²) in [5.74, 6) is 0.985. The van der Waals surface area contributed by atoms with Gasteiger partial charge in [0.2, 0.25) is 5.91 Å². The SMILES string of the molecule is CC1NC(C2CCCC2)N(C(C)CN2CCCC2)C1=O. The minimum atomic E-state index is 0.00151. The number of carbonyl (C=O) groups is 1. The van der Waals surface area contributed by atoms with Gasteiger partial charge in [-0.2, -0.15) is 0 Å². The summed E-state index contributed by atoms with van der Waals surface area (Å²) in [4.78, 5) is 17.2. The van der Waals surface area contributed by atoms with Gasteiger partial charge < -0.3 is 9.80 Å². The maximum absolute atomic E-state index is 12.5. The third-order valence-corrected chi connectivity index (χ3v) is 5.39. The van der Waals surface area contributed by atoms with Crippen LogP contribution in [0.3, 0.4) is 0 Å². The second-order valence-corrected chi connectivity index (χ2v) is 6.98. The Bertz CT molecular complexity index is 348. The number of hydrogen-bond donors (Lipinski definition) is 1. The molecule has 3 fully saturated rings. The monoisotopic (exact) mass is 279 g/mol. The fourth-order valence-corrected chi connectivity index (χ4v) is 4.32. The van der Waals surface area contributed by atoms with Gasteiger partial charge in [0, 0.05) is 12.6 Å². The van der Waals surface area contributed by atoms with E-state index >= 15 is 0 Å². The van der Waals surface area contributed by atoms with Crippen molar-refractivity contribution in [3.63, 3.8) is 0 Å². The van der Waals surface area contributed by atoms with Crippen LogP contribution in [0.25, 0.3) is 0 Å². The van der Waals surface area contributed by atoms with Gasteiger partial charge in [0.1, 0.15) is 0 Å². The van der Waals surface area contributed by atoms with Crippen LogP contribution in [0.4, 0.5) is 0 Å². The van der Waals surface area contributed by atoms with E-state index in [-0.39, 0.29) is 12.2 Å². The Morgan fingerprint density at radius 1 is 1.20 bits per heavy atom. The van der Waals surface area contributed by atoms with E-state index in [1.165, 1.54) is 51.6 Å². The molecule has 1 N–H and O–H groups in total. The summed E-state index contributed by atoms with van der Waals surface area (Å²) in [6.07, 6.45) is 8.16. The Labute approximate surface area is 122 Å². The Morgan fingerprint density at radius 2 is 1.85 bits per heavy atom. The van der Waals surface area contributed by atoms with Crippen molar-refractivity contribution in [2.75, 3.05) is 19.6 Å². The largest absolute Gasteiger partial charge is 0.322 e. The first kappa shape index (κ1) is 14.3. The van der Waals surface area contributed by atoms with Crippen LogP contribution in [0.15, 0.2) is 0 Å². The first-order valence-corrected chi connectivity index (χ1v) is 8.47. The van der Waals surface area contributed by atoms with Crippen LogP contribution in [0.1, 0.15) is 52.4 Å². The molecule has 4 heteroatoms. The van der Waals surface area contributed by atoms with Crippen LogP contribution < -0.4 is 5.32 Å². The molecule has 0 spiro atoms. The third kappa shape index (κ3) is 2.73. The molecule has 2 heterocycles. The van der Waals surface area contributed by atoms with Crippen molar-refractivity contribution in [3.05, 3.63) is 0 Å². The summed E-state index contributed by atoms with van der Waals surface area (Å²) in [6.45, 7) is 7.72. The molecule has 0 radical (unpaired) electrons. The van der Waals surface area contributed by atoms with Gasteiger partial charge in [0.05, 0.1) is 12.2 Å². The Morgan fingerprint density at radius 3 is 2.50 bits per heavy atom. The van der Waals surface area contributed by atoms with Gasteiger partial charge in [-0.15, -0.1) is 0 Å². The lowest BCUT2D eigenvalue weighted by molar-refractivity contribution is -0.132. The molecule has 20 heavy (non-hydrogen) atoms. The maximum Gasteiger partial charge on any atom is 0.241 e. The van der Waals surface area contributed by atoms with Gasteiger partial charge in [-0.1, -0.05) is 12.8 Å². The molecule has 1 saturated carbocycles. The van der Waals surface area contributed by atoms with Crippen LogP contribution in [0.5, 0.6) is 0 Å². The molecular formula is C16H29N3O. The number of nitrogens with one attached hydrogen (secondary N) is 1. The molecule has 1 aliphatic carbocycles. The number of hydrogen-bond acceptors (Lipinski definition) is 3. The van der Waals surface area contributed by atoms with E-state index in [1.54, 1.807) is 0 Å². The minimum Gasteiger partial charge on any atom is -0.322 e. The summed E-state index contributed by atoms with van der Waals surface area (Å²) >= 11 is 0. The van der Waals surface area contributed by atoms with E-state index in [1.807, 2.05) is 6.92 Å². The molecule has 2 saturated heterocycles. The van der Waals surface area contributed by atoms with Crippen LogP contribution in [0, 0.1) is 5.92 Å². The van der Waals surface area contributed by atoms with Crippen molar-refractivity contribution in [3.8, 4) is 0 Å². The van der Waals surface area contributed by atoms with E-state index in [9.17, 15) is 4.79 Å². The molecule has 1 amide bonds. The second kappa shape index (κ2) is 6.02. The number of carbonyl (C=O) groups excluding carboxylic acids is 1. The topological polar surface area (TPSA) is 35.6 Å². The van der Waals surface area contributed by atoms with Crippen molar-refractivity contribution in [1.29, 1.82) is 0 Å². The quantitative estimate of drug-likeness (QED) is 0.852. The minimum absolute atomic E-state index is 0.00151. The highest BCUT2D eigenvalue weighted by Gasteiger charge is 2.43. The lowest BCUT2D eigenvalue weighted by Gasteiger charge is -2.35. The molecule has 0 bridgehead atoms. The van der Waals surface area contributed by atoms with Gasteiger partial charge >= 0.3 is 0 Å². The summed E-state index contributed by atoms with van der Waals surface area (Å²) in [5, 5.41) is 3.56. The van der Waals surface area contributed by atoms with Gasteiger partial charge in [-0.3, -0.25) is 10.1 Å². The summed E-state index contributed by atoms with van der Waals surface area (Å²) in [6, 6.07) is 0.338. The van der Waals surface area contributed by atoms with E-state index in [0.29, 0.717) is 17.9 Å². The molecule has 2 aliphatic heterocycles. The number of rotatable bonds is 4. The van der Waals surface area contributed by atoms with Crippen molar-refractivity contribution in [1.82, 2.24) is 15.1 Å². The highest BCUT2D eigenvalue weighted by atomic mass is 16.2. The average Bonchev–Trinajstić information content (AvgIpc) is 3.12. The zero-order chi connectivity index (χ0) is 14.1. The van der Waals surface area contributed by atoms with Gasteiger partial charge in [0.15, 0.2) is 0 Å². The predicted octanol–water partition coefficient (Wildman–Crippen LogP) is 1.81. The van der Waals surface area contributed by atoms with Crippen LogP contribution in [-0.2, 0) is 4.79 Å². The lowest BCUT2D eigenvalue weighted by Crippen LogP contribution is -2.50. The number of likely N-dealkylation sites (tertiary alicyclic amines) is 1. The third-order valence-electron chi connectivity index (χ3n) is 5.39. The number of amides is 1. The van der Waals surface area contributed by atoms with E-state index < -0.39 is 0 Å². The smallest absolute Gasteiger partial charge is 0.241 e. The molecule has 0 aromatic rings. The zero-order valence-electron chi connectivity index (χ0n) is 13.0. The summed E-state index contributed by atoms with van der Waals surface area (Å²) < 4.78 is 0. The van der Waals surface area contributed by atoms with Crippen molar-refractivity contribution in [2.24, 2.45) is 5.92 Å². The molecule has 3 unspecified atom stereocenters. The second-order valence-electron chi connectivity index (χ2n) is 6.98. The van der Waals surface area contributed by atoms with Crippen LogP contribution in [-0.4, -0.2) is 53.6 Å².